The van der Waals surface area contributed by atoms with Gasteiger partial charge in [-0.3, -0.25) is 13.9 Å². The molecule has 7 nitrogen and oxygen atoms in total. The molecule has 1 atom stereocenters. The van der Waals surface area contributed by atoms with Gasteiger partial charge in [0, 0.05) is 35.1 Å². The Labute approximate surface area is 261 Å². The molecule has 12 heteroatoms. The fourth-order valence-electron chi connectivity index (χ4n) is 4.08. The Morgan fingerprint density at radius 3 is 2.05 bits per heavy atom. The highest BCUT2D eigenvalue weighted by atomic mass is 35.5. The molecule has 0 spiro atoms. The van der Waals surface area contributed by atoms with Crippen molar-refractivity contribution < 1.29 is 18.0 Å². The summed E-state index contributed by atoms with van der Waals surface area (Å²) in [6, 6.07) is 17.4. The van der Waals surface area contributed by atoms with Crippen LogP contribution in [0.15, 0.2) is 66.7 Å². The molecule has 1 unspecified atom stereocenters. The first-order valence-electron chi connectivity index (χ1n) is 12.7. The van der Waals surface area contributed by atoms with Crippen LogP contribution in [-0.2, 0) is 32.6 Å². The van der Waals surface area contributed by atoms with Crippen LogP contribution in [0.25, 0.3) is 0 Å². The van der Waals surface area contributed by atoms with Crippen molar-refractivity contribution in [1.29, 1.82) is 0 Å². The van der Waals surface area contributed by atoms with E-state index in [0.717, 1.165) is 16.1 Å². The number of halogens is 4. The number of carbonyl (C=O) groups excluding carboxylic acids is 2. The number of hydrogen-bond donors (Lipinski definition) is 1. The number of benzene rings is 3. The highest BCUT2D eigenvalue weighted by molar-refractivity contribution is 7.92. The largest absolute Gasteiger partial charge is 0.354 e. The van der Waals surface area contributed by atoms with Gasteiger partial charge in [-0.25, -0.2) is 8.42 Å². The zero-order chi connectivity index (χ0) is 30.3. The van der Waals surface area contributed by atoms with Crippen molar-refractivity contribution in [2.24, 2.45) is 5.92 Å². The molecule has 0 saturated heterocycles. The number of hydrogen-bond acceptors (Lipinski definition) is 4. The molecule has 0 fully saturated rings. The Hall–Kier alpha value is -2.49. The fraction of sp³-hybridized carbons (Fsp3) is 0.310. The lowest BCUT2D eigenvalue weighted by Gasteiger charge is -2.34. The number of rotatable bonds is 12. The zero-order valence-electron chi connectivity index (χ0n) is 22.8. The Morgan fingerprint density at radius 2 is 1.49 bits per heavy atom. The van der Waals surface area contributed by atoms with Gasteiger partial charge in [0.2, 0.25) is 21.8 Å². The predicted molar refractivity (Wildman–Crippen MR) is 167 cm³/mol. The van der Waals surface area contributed by atoms with Crippen LogP contribution in [0.4, 0.5) is 5.69 Å². The maximum Gasteiger partial charge on any atom is 0.244 e. The maximum atomic E-state index is 14.1. The molecular formula is C29H31Cl4N3O4S. The standard InChI is InChI=1S/C29H31Cl4N3O4S/c1-19(2)16-34-29(38)27(14-20-8-5-4-6-9-20)35(17-22-23(30)10-7-11-24(22)31)28(37)18-36(41(3,39)40)21-12-13-25(32)26(33)15-21/h4-13,15,19,27H,14,16-18H2,1-3H3,(H,34,38). The molecular weight excluding hydrogens is 628 g/mol. The Balaban J connectivity index is 2.10. The summed E-state index contributed by atoms with van der Waals surface area (Å²) in [5.74, 6) is -0.869. The second kappa shape index (κ2) is 14.6. The van der Waals surface area contributed by atoms with Crippen molar-refractivity contribution >= 4 is 73.9 Å². The number of carbonyl (C=O) groups is 2. The summed E-state index contributed by atoms with van der Waals surface area (Å²) in [5.41, 5.74) is 1.39. The zero-order valence-corrected chi connectivity index (χ0v) is 26.6. The van der Waals surface area contributed by atoms with Crippen LogP contribution in [0.5, 0.6) is 0 Å². The molecule has 3 aromatic carbocycles. The lowest BCUT2D eigenvalue weighted by atomic mass is 10.0. The van der Waals surface area contributed by atoms with E-state index in [1.807, 2.05) is 44.2 Å². The normalized spacial score (nSPS) is 12.2. The third-order valence-electron chi connectivity index (χ3n) is 6.22. The number of nitrogens with zero attached hydrogens (tertiary/aromatic N) is 2. The van der Waals surface area contributed by atoms with E-state index in [-0.39, 0.29) is 40.5 Å². The predicted octanol–water partition coefficient (Wildman–Crippen LogP) is 6.48. The van der Waals surface area contributed by atoms with Gasteiger partial charge >= 0.3 is 0 Å². The summed E-state index contributed by atoms with van der Waals surface area (Å²) in [7, 11) is -3.96. The minimum Gasteiger partial charge on any atom is -0.354 e. The van der Waals surface area contributed by atoms with Crippen LogP contribution < -0.4 is 9.62 Å². The Bertz CT molecular complexity index is 1470. The van der Waals surface area contributed by atoms with E-state index in [9.17, 15) is 18.0 Å². The van der Waals surface area contributed by atoms with Gasteiger partial charge in [0.25, 0.3) is 0 Å². The minimum atomic E-state index is -3.96. The minimum absolute atomic E-state index is 0.125. The fourth-order valence-corrected chi connectivity index (χ4v) is 5.73. The van der Waals surface area contributed by atoms with Crippen molar-refractivity contribution in [2.75, 3.05) is 23.7 Å². The van der Waals surface area contributed by atoms with Crippen molar-refractivity contribution in [3.63, 3.8) is 0 Å². The van der Waals surface area contributed by atoms with Gasteiger partial charge in [-0.2, -0.15) is 0 Å². The van der Waals surface area contributed by atoms with Crippen molar-refractivity contribution in [3.8, 4) is 0 Å². The molecule has 0 aliphatic heterocycles. The van der Waals surface area contributed by atoms with Gasteiger partial charge in [0.05, 0.1) is 22.0 Å². The Kier molecular flexibility index (Phi) is 11.8. The average Bonchev–Trinajstić information content (AvgIpc) is 2.90. The van der Waals surface area contributed by atoms with Gasteiger partial charge in [-0.05, 0) is 41.8 Å². The van der Waals surface area contributed by atoms with E-state index in [4.69, 9.17) is 46.4 Å². The molecule has 2 amide bonds. The van der Waals surface area contributed by atoms with Crippen LogP contribution in [0, 0.1) is 5.92 Å². The number of sulfonamides is 1. The number of amides is 2. The molecule has 0 bridgehead atoms. The Morgan fingerprint density at radius 1 is 0.854 bits per heavy atom. The molecule has 0 aliphatic rings. The molecule has 3 aromatic rings. The van der Waals surface area contributed by atoms with Crippen LogP contribution in [0.1, 0.15) is 25.0 Å². The first-order valence-corrected chi connectivity index (χ1v) is 16.1. The van der Waals surface area contributed by atoms with Gasteiger partial charge in [-0.15, -0.1) is 0 Å². The SMILES string of the molecule is CC(C)CNC(=O)C(Cc1ccccc1)N(Cc1c(Cl)cccc1Cl)C(=O)CN(c1ccc(Cl)c(Cl)c1)S(C)(=O)=O. The van der Waals surface area contributed by atoms with E-state index < -0.39 is 28.5 Å². The first-order chi connectivity index (χ1) is 19.3. The highest BCUT2D eigenvalue weighted by Gasteiger charge is 2.34. The topological polar surface area (TPSA) is 86.8 Å². The smallest absolute Gasteiger partial charge is 0.244 e. The van der Waals surface area contributed by atoms with Crippen LogP contribution in [0.3, 0.4) is 0 Å². The highest BCUT2D eigenvalue weighted by Crippen LogP contribution is 2.30. The van der Waals surface area contributed by atoms with E-state index in [1.54, 1.807) is 18.2 Å². The second-order valence-corrected chi connectivity index (χ2v) is 13.5. The summed E-state index contributed by atoms with van der Waals surface area (Å²) in [5, 5.41) is 3.89. The van der Waals surface area contributed by atoms with Crippen LogP contribution in [-0.4, -0.2) is 50.5 Å². The number of nitrogens with one attached hydrogen (secondary N) is 1. The van der Waals surface area contributed by atoms with Gasteiger partial charge in [-0.1, -0.05) is 96.6 Å². The summed E-state index contributed by atoms with van der Waals surface area (Å²) < 4.78 is 26.7. The molecule has 41 heavy (non-hydrogen) atoms. The molecule has 1 N–H and O–H groups in total. The third-order valence-corrected chi connectivity index (χ3v) is 8.80. The summed E-state index contributed by atoms with van der Waals surface area (Å²) in [6.45, 7) is 3.56. The molecule has 0 radical (unpaired) electrons. The maximum absolute atomic E-state index is 14.1. The van der Waals surface area contributed by atoms with Gasteiger partial charge in [0.1, 0.15) is 12.6 Å². The van der Waals surface area contributed by atoms with Crippen molar-refractivity contribution in [2.45, 2.75) is 32.9 Å². The van der Waals surface area contributed by atoms with Crippen molar-refractivity contribution in [1.82, 2.24) is 10.2 Å². The average molecular weight is 659 g/mol. The van der Waals surface area contributed by atoms with E-state index in [2.05, 4.69) is 5.32 Å². The van der Waals surface area contributed by atoms with Gasteiger partial charge < -0.3 is 10.2 Å². The molecule has 0 aromatic heterocycles. The summed E-state index contributed by atoms with van der Waals surface area (Å²) in [6.07, 6.45) is 1.15. The second-order valence-electron chi connectivity index (χ2n) is 9.93. The molecule has 0 heterocycles. The van der Waals surface area contributed by atoms with Gasteiger partial charge in [0.15, 0.2) is 0 Å². The molecule has 3 rings (SSSR count). The quantitative estimate of drug-likeness (QED) is 0.241. The summed E-state index contributed by atoms with van der Waals surface area (Å²) >= 11 is 25.1. The first kappa shape index (κ1) is 33.0. The third kappa shape index (κ3) is 9.25. The lowest BCUT2D eigenvalue weighted by molar-refractivity contribution is -0.140. The number of anilines is 1. The molecule has 0 aliphatic carbocycles. The van der Waals surface area contributed by atoms with E-state index in [1.165, 1.54) is 23.1 Å². The van der Waals surface area contributed by atoms with E-state index in [0.29, 0.717) is 22.2 Å². The van der Waals surface area contributed by atoms with Crippen LogP contribution >= 0.6 is 46.4 Å². The molecule has 0 saturated carbocycles. The van der Waals surface area contributed by atoms with Crippen LogP contribution in [0.2, 0.25) is 20.1 Å². The van der Waals surface area contributed by atoms with Crippen molar-refractivity contribution in [3.05, 3.63) is 97.9 Å². The van der Waals surface area contributed by atoms with E-state index >= 15 is 0 Å². The lowest BCUT2D eigenvalue weighted by Crippen LogP contribution is -2.53. The summed E-state index contributed by atoms with van der Waals surface area (Å²) in [4.78, 5) is 29.1. The molecule has 220 valence electrons. The monoisotopic (exact) mass is 657 g/mol.